The predicted molar refractivity (Wildman–Crippen MR) is 82.9 cm³/mol. The molecule has 0 aromatic heterocycles. The summed E-state index contributed by atoms with van der Waals surface area (Å²) >= 11 is 3.52. The van der Waals surface area contributed by atoms with Crippen LogP contribution in [0.15, 0.2) is 40.9 Å². The molecule has 2 nitrogen and oxygen atoms in total. The normalized spacial score (nSPS) is 10.5. The van der Waals surface area contributed by atoms with Gasteiger partial charge in [-0.2, -0.15) is 0 Å². The average molecular weight is 320 g/mol. The van der Waals surface area contributed by atoms with Crippen LogP contribution in [-0.2, 0) is 6.42 Å². The molecule has 0 spiro atoms. The third-order valence-corrected chi connectivity index (χ3v) is 3.66. The summed E-state index contributed by atoms with van der Waals surface area (Å²) in [4.78, 5) is 0. The van der Waals surface area contributed by atoms with Gasteiger partial charge in [0.1, 0.15) is 11.5 Å². The van der Waals surface area contributed by atoms with E-state index in [1.165, 1.54) is 16.7 Å². The highest BCUT2D eigenvalue weighted by atomic mass is 79.9. The van der Waals surface area contributed by atoms with Gasteiger partial charge < -0.3 is 10.5 Å². The van der Waals surface area contributed by atoms with Crippen molar-refractivity contribution in [1.82, 2.24) is 0 Å². The van der Waals surface area contributed by atoms with Gasteiger partial charge in [-0.1, -0.05) is 12.1 Å². The van der Waals surface area contributed by atoms with Crippen molar-refractivity contribution < 1.29 is 4.74 Å². The van der Waals surface area contributed by atoms with Crippen molar-refractivity contribution in [3.63, 3.8) is 0 Å². The summed E-state index contributed by atoms with van der Waals surface area (Å²) in [5.41, 5.74) is 9.28. The molecule has 0 bridgehead atoms. The molecule has 0 unspecified atom stereocenters. The summed E-state index contributed by atoms with van der Waals surface area (Å²) in [5, 5.41) is 0. The van der Waals surface area contributed by atoms with Crippen LogP contribution in [0.1, 0.15) is 16.7 Å². The maximum Gasteiger partial charge on any atom is 0.141 e. The van der Waals surface area contributed by atoms with E-state index in [0.29, 0.717) is 6.54 Å². The highest BCUT2D eigenvalue weighted by molar-refractivity contribution is 9.10. The summed E-state index contributed by atoms with van der Waals surface area (Å²) in [6, 6.07) is 12.2. The molecule has 19 heavy (non-hydrogen) atoms. The van der Waals surface area contributed by atoms with Gasteiger partial charge in [-0.05, 0) is 83.7 Å². The Morgan fingerprint density at radius 1 is 1.11 bits per heavy atom. The van der Waals surface area contributed by atoms with E-state index in [2.05, 4.69) is 41.9 Å². The van der Waals surface area contributed by atoms with Crippen LogP contribution in [0.5, 0.6) is 11.5 Å². The van der Waals surface area contributed by atoms with Crippen LogP contribution < -0.4 is 10.5 Å². The van der Waals surface area contributed by atoms with E-state index in [9.17, 15) is 0 Å². The number of benzene rings is 2. The number of aryl methyl sites for hydroxylation is 2. The first-order valence-electron chi connectivity index (χ1n) is 6.34. The van der Waals surface area contributed by atoms with Crippen molar-refractivity contribution in [1.29, 1.82) is 0 Å². The van der Waals surface area contributed by atoms with E-state index in [-0.39, 0.29) is 0 Å². The Morgan fingerprint density at radius 2 is 1.89 bits per heavy atom. The van der Waals surface area contributed by atoms with Crippen LogP contribution in [0.25, 0.3) is 0 Å². The fourth-order valence-electron chi connectivity index (χ4n) is 1.98. The average Bonchev–Trinajstić information content (AvgIpc) is 2.36. The molecule has 3 heteroatoms. The van der Waals surface area contributed by atoms with Crippen molar-refractivity contribution in [2.75, 3.05) is 6.54 Å². The van der Waals surface area contributed by atoms with E-state index in [0.717, 1.165) is 22.4 Å². The molecule has 0 aliphatic heterocycles. The lowest BCUT2D eigenvalue weighted by molar-refractivity contribution is 0.479. The smallest absolute Gasteiger partial charge is 0.141 e. The molecule has 0 saturated heterocycles. The SMILES string of the molecule is Cc1ccc(Oc2ccc(CCN)c(C)c2)c(Br)c1. The third kappa shape index (κ3) is 3.58. The largest absolute Gasteiger partial charge is 0.456 e. The minimum atomic E-state index is 0.671. The molecule has 2 N–H and O–H groups in total. The van der Waals surface area contributed by atoms with Gasteiger partial charge in [0.15, 0.2) is 0 Å². The second kappa shape index (κ2) is 6.22. The minimum Gasteiger partial charge on any atom is -0.456 e. The molecule has 2 rings (SSSR count). The predicted octanol–water partition coefficient (Wildman–Crippen LogP) is 4.36. The Bertz CT molecular complexity index is 581. The number of hydrogen-bond acceptors (Lipinski definition) is 2. The first kappa shape index (κ1) is 14.1. The topological polar surface area (TPSA) is 35.2 Å². The van der Waals surface area contributed by atoms with Crippen molar-refractivity contribution in [3.05, 3.63) is 57.6 Å². The Balaban J connectivity index is 2.21. The zero-order valence-corrected chi connectivity index (χ0v) is 12.8. The third-order valence-electron chi connectivity index (χ3n) is 3.04. The van der Waals surface area contributed by atoms with Crippen molar-refractivity contribution in [2.45, 2.75) is 20.3 Å². The highest BCUT2D eigenvalue weighted by Crippen LogP contribution is 2.31. The fourth-order valence-corrected chi connectivity index (χ4v) is 2.56. The molecule has 0 saturated carbocycles. The molecular formula is C16H18BrNO. The van der Waals surface area contributed by atoms with Crippen LogP contribution in [0.2, 0.25) is 0 Å². The molecule has 2 aromatic carbocycles. The molecule has 0 radical (unpaired) electrons. The number of nitrogens with two attached hydrogens (primary N) is 1. The molecule has 0 aliphatic rings. The Kier molecular flexibility index (Phi) is 4.61. The monoisotopic (exact) mass is 319 g/mol. The van der Waals surface area contributed by atoms with E-state index in [1.54, 1.807) is 0 Å². The van der Waals surface area contributed by atoms with E-state index >= 15 is 0 Å². The molecular weight excluding hydrogens is 302 g/mol. The van der Waals surface area contributed by atoms with Gasteiger partial charge in [0.05, 0.1) is 4.47 Å². The van der Waals surface area contributed by atoms with Gasteiger partial charge in [-0.15, -0.1) is 0 Å². The van der Waals surface area contributed by atoms with Crippen LogP contribution in [0.3, 0.4) is 0 Å². The van der Waals surface area contributed by atoms with Gasteiger partial charge in [0.25, 0.3) is 0 Å². The van der Waals surface area contributed by atoms with Crippen LogP contribution in [0, 0.1) is 13.8 Å². The summed E-state index contributed by atoms with van der Waals surface area (Å²) in [6.45, 7) is 4.81. The van der Waals surface area contributed by atoms with Gasteiger partial charge in [-0.25, -0.2) is 0 Å². The molecule has 0 fully saturated rings. The first-order chi connectivity index (χ1) is 9.10. The zero-order valence-electron chi connectivity index (χ0n) is 11.2. The van der Waals surface area contributed by atoms with Gasteiger partial charge in [0.2, 0.25) is 0 Å². The molecule has 0 heterocycles. The highest BCUT2D eigenvalue weighted by Gasteiger charge is 2.05. The van der Waals surface area contributed by atoms with Gasteiger partial charge in [-0.3, -0.25) is 0 Å². The molecule has 0 amide bonds. The van der Waals surface area contributed by atoms with Gasteiger partial charge >= 0.3 is 0 Å². The molecule has 100 valence electrons. The lowest BCUT2D eigenvalue weighted by atomic mass is 10.1. The van der Waals surface area contributed by atoms with Crippen LogP contribution >= 0.6 is 15.9 Å². The van der Waals surface area contributed by atoms with Crippen molar-refractivity contribution >= 4 is 15.9 Å². The summed E-state index contributed by atoms with van der Waals surface area (Å²) < 4.78 is 6.87. The quantitative estimate of drug-likeness (QED) is 0.908. The Hall–Kier alpha value is -1.32. The van der Waals surface area contributed by atoms with Crippen molar-refractivity contribution in [3.8, 4) is 11.5 Å². The molecule has 0 atom stereocenters. The molecule has 0 aliphatic carbocycles. The molecule has 2 aromatic rings. The number of hydrogen-bond donors (Lipinski definition) is 1. The second-order valence-electron chi connectivity index (χ2n) is 4.66. The fraction of sp³-hybridized carbons (Fsp3) is 0.250. The minimum absolute atomic E-state index is 0.671. The Labute approximate surface area is 122 Å². The summed E-state index contributed by atoms with van der Waals surface area (Å²) in [6.07, 6.45) is 0.903. The maximum atomic E-state index is 5.90. The van der Waals surface area contributed by atoms with Crippen LogP contribution in [0.4, 0.5) is 0 Å². The van der Waals surface area contributed by atoms with E-state index < -0.39 is 0 Å². The lowest BCUT2D eigenvalue weighted by Crippen LogP contribution is -2.04. The van der Waals surface area contributed by atoms with Crippen molar-refractivity contribution in [2.24, 2.45) is 5.73 Å². The number of rotatable bonds is 4. The first-order valence-corrected chi connectivity index (χ1v) is 7.13. The van der Waals surface area contributed by atoms with E-state index in [1.807, 2.05) is 24.3 Å². The standard InChI is InChI=1S/C16H18BrNO/c1-11-3-6-16(15(17)9-11)19-14-5-4-13(7-8-18)12(2)10-14/h3-6,9-10H,7-8,18H2,1-2H3. The second-order valence-corrected chi connectivity index (χ2v) is 5.52. The van der Waals surface area contributed by atoms with Crippen LogP contribution in [-0.4, -0.2) is 6.54 Å². The Morgan fingerprint density at radius 3 is 2.53 bits per heavy atom. The van der Waals surface area contributed by atoms with Gasteiger partial charge in [0, 0.05) is 0 Å². The van der Waals surface area contributed by atoms with E-state index in [4.69, 9.17) is 10.5 Å². The summed E-state index contributed by atoms with van der Waals surface area (Å²) in [5.74, 6) is 1.68. The number of ether oxygens (including phenoxy) is 1. The number of halogens is 1. The summed E-state index contributed by atoms with van der Waals surface area (Å²) in [7, 11) is 0. The lowest BCUT2D eigenvalue weighted by Gasteiger charge is -2.11. The zero-order chi connectivity index (χ0) is 13.8. The maximum absolute atomic E-state index is 5.90.